The topological polar surface area (TPSA) is 76.5 Å². The van der Waals surface area contributed by atoms with Gasteiger partial charge in [0.2, 0.25) is 10.0 Å². The lowest BCUT2D eigenvalue weighted by Crippen LogP contribution is -2.39. The summed E-state index contributed by atoms with van der Waals surface area (Å²) in [5, 5.41) is 4.24. The van der Waals surface area contributed by atoms with Gasteiger partial charge in [-0.3, -0.25) is 4.98 Å². The number of nitrogens with one attached hydrogen (secondary N) is 1. The Balaban J connectivity index is 1.47. The van der Waals surface area contributed by atoms with Crippen molar-refractivity contribution in [3.63, 3.8) is 0 Å². The van der Waals surface area contributed by atoms with Gasteiger partial charge in [0.05, 0.1) is 18.7 Å². The standard InChI is InChI=1S/C23H26N4O3S/c28-31(29,27-7-5-20-13-19(3-4-23(20)27)21-15-25-16-21)17-22(26-8-10-30-11-9-26)12-18-2-1-6-24-14-18/h1-7,12-14,21,25H,8-11,15-17H2. The van der Waals surface area contributed by atoms with Gasteiger partial charge in [-0.1, -0.05) is 12.1 Å². The predicted molar refractivity (Wildman–Crippen MR) is 121 cm³/mol. The lowest BCUT2D eigenvalue weighted by atomic mass is 9.93. The fourth-order valence-corrected chi connectivity index (χ4v) is 5.63. The van der Waals surface area contributed by atoms with Gasteiger partial charge in [0.1, 0.15) is 5.75 Å². The number of hydrogen-bond acceptors (Lipinski definition) is 6. The van der Waals surface area contributed by atoms with Crippen molar-refractivity contribution < 1.29 is 13.2 Å². The molecule has 0 aliphatic carbocycles. The first-order valence-corrected chi connectivity index (χ1v) is 12.2. The molecule has 2 saturated heterocycles. The molecule has 0 saturated carbocycles. The Bertz CT molecular complexity index is 1190. The second-order valence-electron chi connectivity index (χ2n) is 8.06. The molecule has 2 aliphatic heterocycles. The van der Waals surface area contributed by atoms with Gasteiger partial charge in [0.15, 0.2) is 0 Å². The van der Waals surface area contributed by atoms with Crippen molar-refractivity contribution in [2.75, 3.05) is 45.1 Å². The minimum absolute atomic E-state index is 0.0834. The molecular formula is C23H26N4O3S. The van der Waals surface area contributed by atoms with E-state index >= 15 is 0 Å². The predicted octanol–water partition coefficient (Wildman–Crippen LogP) is 2.27. The van der Waals surface area contributed by atoms with Gasteiger partial charge in [-0.25, -0.2) is 12.4 Å². The number of morpholine rings is 1. The van der Waals surface area contributed by atoms with Gasteiger partial charge in [0, 0.05) is 61.8 Å². The van der Waals surface area contributed by atoms with Crippen LogP contribution >= 0.6 is 0 Å². The maximum absolute atomic E-state index is 13.5. The molecule has 5 rings (SSSR count). The van der Waals surface area contributed by atoms with Crippen LogP contribution in [-0.2, 0) is 14.8 Å². The molecule has 0 bridgehead atoms. The van der Waals surface area contributed by atoms with Gasteiger partial charge < -0.3 is 15.0 Å². The Morgan fingerprint density at radius 1 is 1.19 bits per heavy atom. The molecule has 162 valence electrons. The minimum Gasteiger partial charge on any atom is -0.378 e. The van der Waals surface area contributed by atoms with Crippen LogP contribution in [0, 0.1) is 0 Å². The van der Waals surface area contributed by atoms with Crippen LogP contribution in [0.5, 0.6) is 0 Å². The molecular weight excluding hydrogens is 412 g/mol. The third-order valence-electron chi connectivity index (χ3n) is 6.00. The quantitative estimate of drug-likeness (QED) is 0.636. The lowest BCUT2D eigenvalue weighted by molar-refractivity contribution is 0.0544. The number of nitrogens with zero attached hydrogens (tertiary/aromatic N) is 3. The van der Waals surface area contributed by atoms with Crippen LogP contribution in [0.1, 0.15) is 17.0 Å². The molecule has 7 nitrogen and oxygen atoms in total. The van der Waals surface area contributed by atoms with E-state index in [1.165, 1.54) is 9.54 Å². The molecule has 0 spiro atoms. The summed E-state index contributed by atoms with van der Waals surface area (Å²) in [6.45, 7) is 4.49. The van der Waals surface area contributed by atoms with Gasteiger partial charge in [0.25, 0.3) is 0 Å². The summed E-state index contributed by atoms with van der Waals surface area (Å²) in [7, 11) is -3.60. The third kappa shape index (κ3) is 4.23. The maximum Gasteiger partial charge on any atom is 0.244 e. The van der Waals surface area contributed by atoms with Crippen LogP contribution in [0.4, 0.5) is 0 Å². The smallest absolute Gasteiger partial charge is 0.244 e. The van der Waals surface area contributed by atoms with Crippen molar-refractivity contribution in [2.45, 2.75) is 5.92 Å². The highest BCUT2D eigenvalue weighted by Gasteiger charge is 2.24. The van der Waals surface area contributed by atoms with E-state index in [1.54, 1.807) is 18.6 Å². The van der Waals surface area contributed by atoms with Crippen LogP contribution < -0.4 is 5.32 Å². The monoisotopic (exact) mass is 438 g/mol. The van der Waals surface area contributed by atoms with E-state index in [4.69, 9.17) is 4.74 Å². The lowest BCUT2D eigenvalue weighted by Gasteiger charge is -2.31. The van der Waals surface area contributed by atoms with Gasteiger partial charge in [-0.15, -0.1) is 0 Å². The Morgan fingerprint density at radius 2 is 2.03 bits per heavy atom. The first kappa shape index (κ1) is 20.2. The van der Waals surface area contributed by atoms with Crippen molar-refractivity contribution in [3.8, 4) is 0 Å². The molecule has 4 heterocycles. The Hall–Kier alpha value is -2.68. The van der Waals surface area contributed by atoms with Crippen molar-refractivity contribution in [1.29, 1.82) is 0 Å². The van der Waals surface area contributed by atoms with E-state index in [9.17, 15) is 8.42 Å². The van der Waals surface area contributed by atoms with E-state index < -0.39 is 10.0 Å². The van der Waals surface area contributed by atoms with E-state index in [0.29, 0.717) is 32.2 Å². The summed E-state index contributed by atoms with van der Waals surface area (Å²) in [6.07, 6.45) is 7.05. The first-order chi connectivity index (χ1) is 15.1. The molecule has 0 amide bonds. The fraction of sp³-hybridized carbons (Fsp3) is 0.348. The summed E-state index contributed by atoms with van der Waals surface area (Å²) >= 11 is 0. The van der Waals surface area contributed by atoms with Crippen molar-refractivity contribution in [3.05, 3.63) is 71.8 Å². The molecule has 2 aliphatic rings. The number of aromatic nitrogens is 2. The van der Waals surface area contributed by atoms with Crippen LogP contribution in [0.2, 0.25) is 0 Å². The van der Waals surface area contributed by atoms with Crippen molar-refractivity contribution >= 4 is 27.0 Å². The molecule has 1 N–H and O–H groups in total. The zero-order valence-electron chi connectivity index (χ0n) is 17.3. The summed E-state index contributed by atoms with van der Waals surface area (Å²) in [5.41, 5.74) is 3.62. The van der Waals surface area contributed by atoms with E-state index in [0.717, 1.165) is 35.3 Å². The average Bonchev–Trinajstić information content (AvgIpc) is 3.18. The van der Waals surface area contributed by atoms with Crippen molar-refractivity contribution in [2.24, 2.45) is 0 Å². The molecule has 0 radical (unpaired) electrons. The highest BCUT2D eigenvalue weighted by atomic mass is 32.2. The summed E-state index contributed by atoms with van der Waals surface area (Å²) in [4.78, 5) is 6.26. The largest absolute Gasteiger partial charge is 0.378 e. The maximum atomic E-state index is 13.5. The number of hydrogen-bond donors (Lipinski definition) is 1. The Morgan fingerprint density at radius 3 is 2.74 bits per heavy atom. The van der Waals surface area contributed by atoms with Crippen LogP contribution in [0.3, 0.4) is 0 Å². The molecule has 3 aromatic rings. The zero-order chi connectivity index (χ0) is 21.3. The first-order valence-electron chi connectivity index (χ1n) is 10.6. The number of rotatable bonds is 6. The second kappa shape index (κ2) is 8.45. The van der Waals surface area contributed by atoms with Gasteiger partial charge in [-0.2, -0.15) is 0 Å². The van der Waals surface area contributed by atoms with Crippen LogP contribution in [-0.4, -0.2) is 67.4 Å². The molecule has 8 heteroatoms. The Labute approximate surface area is 182 Å². The van der Waals surface area contributed by atoms with E-state index in [-0.39, 0.29) is 5.75 Å². The number of pyridine rings is 1. The molecule has 0 atom stereocenters. The fourth-order valence-electron chi connectivity index (χ4n) is 4.14. The van der Waals surface area contributed by atoms with E-state index in [2.05, 4.69) is 21.3 Å². The molecule has 2 aromatic heterocycles. The second-order valence-corrected chi connectivity index (χ2v) is 9.91. The number of fused-ring (bicyclic) bond motifs is 1. The van der Waals surface area contributed by atoms with Crippen LogP contribution in [0.15, 0.2) is 60.7 Å². The van der Waals surface area contributed by atoms with E-state index in [1.807, 2.05) is 36.4 Å². The van der Waals surface area contributed by atoms with Gasteiger partial charge in [-0.05, 0) is 41.5 Å². The Kier molecular flexibility index (Phi) is 5.52. The summed E-state index contributed by atoms with van der Waals surface area (Å²) in [5.74, 6) is 0.430. The summed E-state index contributed by atoms with van der Waals surface area (Å²) in [6, 6.07) is 11.8. The zero-order valence-corrected chi connectivity index (χ0v) is 18.1. The highest BCUT2D eigenvalue weighted by molar-refractivity contribution is 7.90. The molecule has 2 fully saturated rings. The number of ether oxygens (including phenoxy) is 1. The van der Waals surface area contributed by atoms with Gasteiger partial charge >= 0.3 is 0 Å². The summed E-state index contributed by atoms with van der Waals surface area (Å²) < 4.78 is 33.8. The minimum atomic E-state index is -3.60. The SMILES string of the molecule is O=S(=O)(CC(=Cc1cccnc1)N1CCOCC1)n1ccc2cc(C3CNC3)ccc21. The number of benzene rings is 1. The normalized spacial score (nSPS) is 18.3. The van der Waals surface area contributed by atoms with Crippen molar-refractivity contribution in [1.82, 2.24) is 19.2 Å². The molecule has 1 aromatic carbocycles. The van der Waals surface area contributed by atoms with Crippen LogP contribution in [0.25, 0.3) is 17.0 Å². The third-order valence-corrected chi connectivity index (χ3v) is 7.57. The highest BCUT2D eigenvalue weighted by Crippen LogP contribution is 2.27. The molecule has 31 heavy (non-hydrogen) atoms. The average molecular weight is 439 g/mol. The molecule has 0 unspecified atom stereocenters.